The minimum absolute atomic E-state index is 1.07. The second-order valence-corrected chi connectivity index (χ2v) is 3.47. The van der Waals surface area contributed by atoms with E-state index in [1.807, 2.05) is 12.4 Å². The summed E-state index contributed by atoms with van der Waals surface area (Å²) in [5.74, 6) is 0. The normalized spacial score (nSPS) is 16.8. The van der Waals surface area contributed by atoms with Crippen molar-refractivity contribution in [3.63, 3.8) is 0 Å². The summed E-state index contributed by atoms with van der Waals surface area (Å²) in [6, 6.07) is 0. The lowest BCUT2D eigenvalue weighted by Gasteiger charge is -2.01. The smallest absolute Gasteiger partial charge is 0.0519 e. The van der Waals surface area contributed by atoms with E-state index in [1.165, 1.54) is 31.5 Å². The van der Waals surface area contributed by atoms with Gasteiger partial charge in [-0.25, -0.2) is 0 Å². The Balaban J connectivity index is 0.000000132. The van der Waals surface area contributed by atoms with Crippen molar-refractivity contribution in [2.24, 2.45) is 0 Å². The molecule has 74 valence electrons. The zero-order valence-corrected chi connectivity index (χ0v) is 8.58. The topological polar surface area (TPSA) is 31.9 Å². The maximum absolute atomic E-state index is 3.77. The van der Waals surface area contributed by atoms with Gasteiger partial charge in [0.15, 0.2) is 0 Å². The second kappa shape index (κ2) is 5.75. The van der Waals surface area contributed by atoms with Gasteiger partial charge in [0.25, 0.3) is 0 Å². The van der Waals surface area contributed by atoms with Gasteiger partial charge in [-0.05, 0) is 45.0 Å². The summed E-state index contributed by atoms with van der Waals surface area (Å²) in [6.45, 7) is 4.74. The zero-order valence-electron chi connectivity index (χ0n) is 8.58. The van der Waals surface area contributed by atoms with Crippen LogP contribution in [-0.4, -0.2) is 35.2 Å². The Bertz CT molecular complexity index is 200. The van der Waals surface area contributed by atoms with Crippen LogP contribution in [-0.2, 0) is 6.42 Å². The van der Waals surface area contributed by atoms with E-state index in [0.29, 0.717) is 0 Å². The van der Waals surface area contributed by atoms with E-state index in [1.54, 1.807) is 0 Å². The summed E-state index contributed by atoms with van der Waals surface area (Å²) >= 11 is 0. The van der Waals surface area contributed by atoms with E-state index in [9.17, 15) is 0 Å². The Morgan fingerprint density at radius 2 is 2.15 bits per heavy atom. The van der Waals surface area contributed by atoms with Crippen LogP contribution in [0.3, 0.4) is 0 Å². The molecule has 1 aromatic heterocycles. The maximum atomic E-state index is 3.77. The van der Waals surface area contributed by atoms with E-state index >= 15 is 0 Å². The van der Waals surface area contributed by atoms with Crippen LogP contribution in [0, 0.1) is 0 Å². The number of nitrogens with one attached hydrogen (secondary N) is 1. The molecule has 0 spiro atoms. The fourth-order valence-corrected chi connectivity index (χ4v) is 1.35. The Labute approximate surface area is 80.1 Å². The molecule has 0 bridgehead atoms. The monoisotopic (exact) mass is 181 g/mol. The zero-order chi connectivity index (χ0) is 9.52. The summed E-state index contributed by atoms with van der Waals surface area (Å²) < 4.78 is 0. The Kier molecular flexibility index (Phi) is 4.54. The first-order valence-corrected chi connectivity index (χ1v) is 4.99. The third-order valence-corrected chi connectivity index (χ3v) is 2.29. The predicted octanol–water partition coefficient (Wildman–Crippen LogP) is 1.68. The summed E-state index contributed by atoms with van der Waals surface area (Å²) in [5, 5.41) is 6.50. The molecule has 0 unspecified atom stereocenters. The number of H-pyrrole nitrogens is 1. The highest BCUT2D eigenvalue weighted by molar-refractivity contribution is 5.00. The van der Waals surface area contributed by atoms with Crippen molar-refractivity contribution in [3.8, 4) is 0 Å². The molecule has 3 heteroatoms. The van der Waals surface area contributed by atoms with E-state index in [-0.39, 0.29) is 0 Å². The average Bonchev–Trinajstić information content (AvgIpc) is 2.76. The van der Waals surface area contributed by atoms with Gasteiger partial charge in [-0.3, -0.25) is 5.10 Å². The predicted molar refractivity (Wildman–Crippen MR) is 54.7 cm³/mol. The average molecular weight is 181 g/mol. The third kappa shape index (κ3) is 4.08. The largest absolute Gasteiger partial charge is 0.306 e. The number of aryl methyl sites for hydroxylation is 1. The molecule has 1 aliphatic rings. The highest BCUT2D eigenvalue weighted by Crippen LogP contribution is 2.02. The van der Waals surface area contributed by atoms with Gasteiger partial charge in [0.05, 0.1) is 6.20 Å². The van der Waals surface area contributed by atoms with Crippen LogP contribution >= 0.6 is 0 Å². The van der Waals surface area contributed by atoms with Gasteiger partial charge in [0.1, 0.15) is 0 Å². The molecule has 0 radical (unpaired) electrons. The van der Waals surface area contributed by atoms with Gasteiger partial charge >= 0.3 is 0 Å². The molecular formula is C10H19N3. The standard InChI is InChI=1S/C5H8N2.C5H11N/c1-2-5-3-6-7-4-5;1-6-4-2-3-5-6/h3-4H,2H2,1H3,(H,6,7);2-5H2,1H3. The van der Waals surface area contributed by atoms with Crippen LogP contribution in [0.4, 0.5) is 0 Å². The number of hydrogen-bond acceptors (Lipinski definition) is 2. The van der Waals surface area contributed by atoms with Crippen LogP contribution < -0.4 is 0 Å². The highest BCUT2D eigenvalue weighted by Gasteiger charge is 2.03. The quantitative estimate of drug-likeness (QED) is 0.715. The molecule has 2 rings (SSSR count). The van der Waals surface area contributed by atoms with Crippen molar-refractivity contribution in [1.82, 2.24) is 15.1 Å². The molecule has 1 saturated heterocycles. The van der Waals surface area contributed by atoms with Gasteiger partial charge in [-0.1, -0.05) is 6.92 Å². The first kappa shape index (κ1) is 10.3. The molecule has 1 aromatic rings. The van der Waals surface area contributed by atoms with Gasteiger partial charge in [-0.15, -0.1) is 0 Å². The molecule has 1 fully saturated rings. The third-order valence-electron chi connectivity index (χ3n) is 2.29. The molecule has 0 amide bonds. The lowest BCUT2D eigenvalue weighted by molar-refractivity contribution is 0.418. The summed E-state index contributed by atoms with van der Waals surface area (Å²) in [5.41, 5.74) is 1.26. The molecule has 13 heavy (non-hydrogen) atoms. The van der Waals surface area contributed by atoms with Crippen molar-refractivity contribution in [3.05, 3.63) is 18.0 Å². The molecule has 1 aliphatic heterocycles. The Morgan fingerprint density at radius 3 is 2.38 bits per heavy atom. The number of likely N-dealkylation sites (tertiary alicyclic amines) is 1. The molecular weight excluding hydrogens is 162 g/mol. The minimum atomic E-state index is 1.07. The Morgan fingerprint density at radius 1 is 1.46 bits per heavy atom. The van der Waals surface area contributed by atoms with Crippen molar-refractivity contribution >= 4 is 0 Å². The van der Waals surface area contributed by atoms with Crippen LogP contribution in [0.15, 0.2) is 12.4 Å². The van der Waals surface area contributed by atoms with Crippen LogP contribution in [0.2, 0.25) is 0 Å². The van der Waals surface area contributed by atoms with Gasteiger partial charge < -0.3 is 4.90 Å². The first-order valence-electron chi connectivity index (χ1n) is 4.99. The highest BCUT2D eigenvalue weighted by atomic mass is 15.1. The number of hydrogen-bond donors (Lipinski definition) is 1. The number of rotatable bonds is 1. The SMILES string of the molecule is CCc1cn[nH]c1.CN1CCCC1. The van der Waals surface area contributed by atoms with Crippen LogP contribution in [0.5, 0.6) is 0 Å². The van der Waals surface area contributed by atoms with Crippen molar-refractivity contribution in [2.75, 3.05) is 20.1 Å². The molecule has 0 aromatic carbocycles. The summed E-state index contributed by atoms with van der Waals surface area (Å²) in [7, 11) is 2.17. The van der Waals surface area contributed by atoms with E-state index < -0.39 is 0 Å². The fraction of sp³-hybridized carbons (Fsp3) is 0.700. The summed E-state index contributed by atoms with van der Waals surface area (Å²) in [6.07, 6.45) is 7.63. The molecule has 3 nitrogen and oxygen atoms in total. The van der Waals surface area contributed by atoms with Crippen LogP contribution in [0.25, 0.3) is 0 Å². The lowest BCUT2D eigenvalue weighted by Crippen LogP contribution is -2.10. The van der Waals surface area contributed by atoms with Gasteiger partial charge in [0.2, 0.25) is 0 Å². The molecule has 0 atom stereocenters. The maximum Gasteiger partial charge on any atom is 0.0519 e. The second-order valence-electron chi connectivity index (χ2n) is 3.47. The number of nitrogens with zero attached hydrogens (tertiary/aromatic N) is 2. The molecule has 1 N–H and O–H groups in total. The Hall–Kier alpha value is -0.830. The van der Waals surface area contributed by atoms with Crippen molar-refractivity contribution < 1.29 is 0 Å². The number of aromatic nitrogens is 2. The van der Waals surface area contributed by atoms with Crippen LogP contribution in [0.1, 0.15) is 25.3 Å². The molecule has 0 aliphatic carbocycles. The van der Waals surface area contributed by atoms with Gasteiger partial charge in [-0.2, -0.15) is 5.10 Å². The first-order chi connectivity index (χ1) is 6.33. The van der Waals surface area contributed by atoms with E-state index in [2.05, 4.69) is 29.1 Å². The van der Waals surface area contributed by atoms with Crippen molar-refractivity contribution in [2.45, 2.75) is 26.2 Å². The minimum Gasteiger partial charge on any atom is -0.306 e. The number of aromatic amines is 1. The van der Waals surface area contributed by atoms with Gasteiger partial charge in [0, 0.05) is 6.20 Å². The summed E-state index contributed by atoms with van der Waals surface area (Å²) in [4.78, 5) is 2.36. The molecule has 0 saturated carbocycles. The lowest BCUT2D eigenvalue weighted by atomic mass is 10.3. The van der Waals surface area contributed by atoms with E-state index in [0.717, 1.165) is 6.42 Å². The molecule has 2 heterocycles. The van der Waals surface area contributed by atoms with E-state index in [4.69, 9.17) is 0 Å². The van der Waals surface area contributed by atoms with Crippen molar-refractivity contribution in [1.29, 1.82) is 0 Å². The fourth-order valence-electron chi connectivity index (χ4n) is 1.35.